The van der Waals surface area contributed by atoms with Crippen LogP contribution in [0.25, 0.3) is 0 Å². The van der Waals surface area contributed by atoms with Gasteiger partial charge >= 0.3 is 0 Å². The Kier molecular flexibility index (Phi) is 2.47. The molecule has 1 aliphatic heterocycles. The van der Waals surface area contributed by atoms with Gasteiger partial charge in [-0.05, 0) is 30.6 Å². The summed E-state index contributed by atoms with van der Waals surface area (Å²) in [5, 5.41) is 0.986. The third-order valence-corrected chi connectivity index (χ3v) is 6.60. The average molecular weight is 267 g/mol. The molecule has 0 spiro atoms. The highest BCUT2D eigenvalue weighted by molar-refractivity contribution is 9.09. The second-order valence-corrected chi connectivity index (χ2v) is 7.24. The van der Waals surface area contributed by atoms with Crippen molar-refractivity contribution in [3.05, 3.63) is 0 Å². The Bertz CT molecular complexity index is 287. The molecule has 1 saturated heterocycles. The van der Waals surface area contributed by atoms with E-state index in [0.717, 1.165) is 11.8 Å². The van der Waals surface area contributed by atoms with Crippen molar-refractivity contribution in [2.24, 2.45) is 11.3 Å². The molecule has 1 aliphatic carbocycles. The second kappa shape index (κ2) is 3.23. The fraction of sp³-hybridized carbons (Fsp3) is 1.00. The first-order chi connectivity index (χ1) is 6.08. The lowest BCUT2D eigenvalue weighted by Gasteiger charge is -2.45. The molecule has 2 rings (SSSR count). The molecule has 13 heavy (non-hydrogen) atoms. The highest BCUT2D eigenvalue weighted by Crippen LogP contribution is 2.51. The van der Waals surface area contributed by atoms with E-state index in [1.807, 2.05) is 0 Å². The molecule has 0 aromatic heterocycles. The van der Waals surface area contributed by atoms with Gasteiger partial charge in [-0.15, -0.1) is 0 Å². The number of rotatable bonds is 2. The number of hydrogen-bond donors (Lipinski definition) is 0. The zero-order valence-electron chi connectivity index (χ0n) is 7.63. The molecule has 1 heterocycles. The van der Waals surface area contributed by atoms with Gasteiger partial charge < -0.3 is 0 Å². The Labute approximate surface area is 88.1 Å². The van der Waals surface area contributed by atoms with E-state index in [-0.39, 0.29) is 0 Å². The minimum Gasteiger partial charge on any atom is -0.229 e. The highest BCUT2D eigenvalue weighted by atomic mass is 79.9. The Balaban J connectivity index is 2.10. The molecule has 1 atom stereocenters. The summed E-state index contributed by atoms with van der Waals surface area (Å²) in [6, 6.07) is 0. The van der Waals surface area contributed by atoms with Gasteiger partial charge in [-0.2, -0.15) is 0 Å². The lowest BCUT2D eigenvalue weighted by molar-refractivity contribution is 0.0941. The van der Waals surface area contributed by atoms with Crippen LogP contribution in [0, 0.1) is 11.3 Å². The molecule has 0 radical (unpaired) electrons. The third-order valence-electron chi connectivity index (χ3n) is 3.71. The van der Waals surface area contributed by atoms with Crippen LogP contribution in [0.3, 0.4) is 0 Å². The van der Waals surface area contributed by atoms with Crippen LogP contribution in [0.4, 0.5) is 0 Å². The molecule has 2 nitrogen and oxygen atoms in total. The lowest BCUT2D eigenvalue weighted by atomic mass is 9.62. The van der Waals surface area contributed by atoms with Crippen molar-refractivity contribution in [3.63, 3.8) is 0 Å². The average Bonchev–Trinajstić information content (AvgIpc) is 2.30. The summed E-state index contributed by atoms with van der Waals surface area (Å²) in [6.45, 7) is 0. The molecule has 0 bridgehead atoms. The summed E-state index contributed by atoms with van der Waals surface area (Å²) in [5.41, 5.74) is 0.337. The Morgan fingerprint density at radius 3 is 2.38 bits per heavy atom. The largest absolute Gasteiger partial charge is 0.229 e. The van der Waals surface area contributed by atoms with Crippen molar-refractivity contribution < 1.29 is 8.42 Å². The van der Waals surface area contributed by atoms with E-state index in [9.17, 15) is 8.42 Å². The minimum atomic E-state index is -2.69. The van der Waals surface area contributed by atoms with Crippen LogP contribution in [-0.2, 0) is 9.84 Å². The summed E-state index contributed by atoms with van der Waals surface area (Å²) in [4.78, 5) is 0. The van der Waals surface area contributed by atoms with Crippen molar-refractivity contribution in [2.45, 2.75) is 25.7 Å². The van der Waals surface area contributed by atoms with Gasteiger partial charge in [0.05, 0.1) is 11.5 Å². The zero-order valence-corrected chi connectivity index (χ0v) is 10.0. The summed E-state index contributed by atoms with van der Waals surface area (Å²) >= 11 is 3.54. The Morgan fingerprint density at radius 1 is 1.38 bits per heavy atom. The van der Waals surface area contributed by atoms with Gasteiger partial charge in [0.1, 0.15) is 0 Å². The molecule has 76 valence electrons. The molecule has 0 N–H and O–H groups in total. The van der Waals surface area contributed by atoms with Crippen LogP contribution in [0.5, 0.6) is 0 Å². The lowest BCUT2D eigenvalue weighted by Crippen LogP contribution is -2.39. The second-order valence-electron chi connectivity index (χ2n) is 4.45. The predicted molar refractivity (Wildman–Crippen MR) is 56.8 cm³/mol. The van der Waals surface area contributed by atoms with Crippen LogP contribution in [0.1, 0.15) is 25.7 Å². The maximum Gasteiger partial charge on any atom is 0.150 e. The van der Waals surface area contributed by atoms with E-state index in [2.05, 4.69) is 15.9 Å². The molecule has 1 unspecified atom stereocenters. The Hall–Kier alpha value is 0.430. The van der Waals surface area contributed by atoms with Gasteiger partial charge in [0.25, 0.3) is 0 Å². The number of sulfone groups is 1. The van der Waals surface area contributed by atoms with Gasteiger partial charge in [-0.1, -0.05) is 22.4 Å². The standard InChI is InChI=1S/C9H15BrO2S/c10-7-9(3-1-4-9)8-2-5-13(11,12)6-8/h8H,1-7H2. The number of halogens is 1. The zero-order chi connectivity index (χ0) is 9.53. The van der Waals surface area contributed by atoms with E-state index >= 15 is 0 Å². The first-order valence-corrected chi connectivity index (χ1v) is 7.79. The van der Waals surface area contributed by atoms with Crippen LogP contribution in [0.2, 0.25) is 0 Å². The summed E-state index contributed by atoms with van der Waals surface area (Å²) in [6.07, 6.45) is 4.62. The van der Waals surface area contributed by atoms with E-state index in [1.54, 1.807) is 0 Å². The van der Waals surface area contributed by atoms with Gasteiger partial charge in [0.15, 0.2) is 9.84 Å². The van der Waals surface area contributed by atoms with Crippen LogP contribution in [0.15, 0.2) is 0 Å². The SMILES string of the molecule is O=S1(=O)CCC(C2(CBr)CCC2)C1. The molecule has 0 amide bonds. The van der Waals surface area contributed by atoms with Crippen molar-refractivity contribution in [3.8, 4) is 0 Å². The van der Waals surface area contributed by atoms with Crippen LogP contribution < -0.4 is 0 Å². The van der Waals surface area contributed by atoms with E-state index in [1.165, 1.54) is 19.3 Å². The van der Waals surface area contributed by atoms with Crippen molar-refractivity contribution in [2.75, 3.05) is 16.8 Å². The van der Waals surface area contributed by atoms with Crippen molar-refractivity contribution in [1.29, 1.82) is 0 Å². The summed E-state index contributed by atoms with van der Waals surface area (Å²) in [7, 11) is -2.69. The smallest absolute Gasteiger partial charge is 0.150 e. The normalized spacial score (nSPS) is 35.6. The molecule has 2 fully saturated rings. The number of hydrogen-bond acceptors (Lipinski definition) is 2. The van der Waals surface area contributed by atoms with Gasteiger partial charge in [-0.3, -0.25) is 0 Å². The third kappa shape index (κ3) is 1.67. The van der Waals surface area contributed by atoms with E-state index in [4.69, 9.17) is 0 Å². The first-order valence-electron chi connectivity index (χ1n) is 4.84. The van der Waals surface area contributed by atoms with Crippen LogP contribution in [-0.4, -0.2) is 25.3 Å². The molecule has 0 aromatic rings. The maximum absolute atomic E-state index is 11.3. The quantitative estimate of drug-likeness (QED) is 0.717. The fourth-order valence-electron chi connectivity index (χ4n) is 2.56. The molecule has 4 heteroatoms. The molecule has 2 aliphatic rings. The Morgan fingerprint density at radius 2 is 2.08 bits per heavy atom. The summed E-state index contributed by atoms with van der Waals surface area (Å²) < 4.78 is 22.7. The minimum absolute atomic E-state index is 0.337. The predicted octanol–water partition coefficient (Wildman–Crippen LogP) is 1.99. The van der Waals surface area contributed by atoms with E-state index in [0.29, 0.717) is 22.8 Å². The first kappa shape index (κ1) is 9.97. The van der Waals surface area contributed by atoms with Crippen molar-refractivity contribution in [1.82, 2.24) is 0 Å². The van der Waals surface area contributed by atoms with Crippen LogP contribution >= 0.6 is 15.9 Å². The van der Waals surface area contributed by atoms with Crippen molar-refractivity contribution >= 4 is 25.8 Å². The fourth-order valence-corrected chi connectivity index (χ4v) is 5.52. The molecular formula is C9H15BrO2S. The molecule has 1 saturated carbocycles. The van der Waals surface area contributed by atoms with Gasteiger partial charge in [0, 0.05) is 5.33 Å². The molecule has 0 aromatic carbocycles. The number of alkyl halides is 1. The monoisotopic (exact) mass is 266 g/mol. The van der Waals surface area contributed by atoms with Gasteiger partial charge in [-0.25, -0.2) is 8.42 Å². The maximum atomic E-state index is 11.3. The topological polar surface area (TPSA) is 34.1 Å². The van der Waals surface area contributed by atoms with E-state index < -0.39 is 9.84 Å². The summed E-state index contributed by atoms with van der Waals surface area (Å²) in [5.74, 6) is 1.30. The van der Waals surface area contributed by atoms with Gasteiger partial charge in [0.2, 0.25) is 0 Å². The highest BCUT2D eigenvalue weighted by Gasteiger charge is 2.47. The molecular weight excluding hydrogens is 252 g/mol.